The van der Waals surface area contributed by atoms with E-state index in [-0.39, 0.29) is 0 Å². The molecular formula is C8H3ClF2N2O2. The highest BCUT2D eigenvalue weighted by Crippen LogP contribution is 2.25. The number of carbonyl (C=O) groups is 1. The molecule has 1 rings (SSSR count). The normalized spacial score (nSPS) is 10.1. The van der Waals surface area contributed by atoms with Crippen molar-refractivity contribution < 1.29 is 18.7 Å². The molecule has 7 heteroatoms. The third-order valence-electron chi connectivity index (χ3n) is 1.53. The zero-order chi connectivity index (χ0) is 11.6. The molecule has 78 valence electrons. The van der Waals surface area contributed by atoms with Gasteiger partial charge in [-0.2, -0.15) is 5.26 Å². The van der Waals surface area contributed by atoms with Crippen molar-refractivity contribution in [1.29, 1.82) is 5.26 Å². The highest BCUT2D eigenvalue weighted by molar-refractivity contribution is 6.33. The van der Waals surface area contributed by atoms with Crippen molar-refractivity contribution in [1.82, 2.24) is 4.98 Å². The molecule has 15 heavy (non-hydrogen) atoms. The maximum atomic E-state index is 12.2. The van der Waals surface area contributed by atoms with Gasteiger partial charge in [-0.1, -0.05) is 11.6 Å². The van der Waals surface area contributed by atoms with Gasteiger partial charge in [0.1, 0.15) is 17.3 Å². The molecule has 0 aromatic carbocycles. The Morgan fingerprint density at radius 3 is 2.67 bits per heavy atom. The zero-order valence-electron chi connectivity index (χ0n) is 7.04. The molecule has 0 unspecified atom stereocenters. The molecule has 0 atom stereocenters. The van der Waals surface area contributed by atoms with Crippen LogP contribution in [0, 0.1) is 11.3 Å². The second-order valence-corrected chi connectivity index (χ2v) is 2.88. The standard InChI is InChI=1S/C8H3ClF2N2O2/c9-3-1-4(7(10)11)13-5(2-12)6(3)8(14)15/h1,7H,(H,14,15). The van der Waals surface area contributed by atoms with Gasteiger partial charge in [0.05, 0.1) is 5.02 Å². The summed E-state index contributed by atoms with van der Waals surface area (Å²) in [5.41, 5.74) is -1.91. The number of nitrogens with zero attached hydrogens (tertiary/aromatic N) is 2. The van der Waals surface area contributed by atoms with E-state index < -0.39 is 34.4 Å². The topological polar surface area (TPSA) is 74.0 Å². The van der Waals surface area contributed by atoms with Crippen molar-refractivity contribution in [3.8, 4) is 6.07 Å². The van der Waals surface area contributed by atoms with Gasteiger partial charge in [0.25, 0.3) is 6.43 Å². The summed E-state index contributed by atoms with van der Waals surface area (Å²) in [5, 5.41) is 16.7. The summed E-state index contributed by atoms with van der Waals surface area (Å²) in [4.78, 5) is 13.8. The molecule has 0 aliphatic heterocycles. The van der Waals surface area contributed by atoms with Gasteiger partial charge in [0, 0.05) is 0 Å². The predicted molar refractivity (Wildman–Crippen MR) is 45.9 cm³/mol. The van der Waals surface area contributed by atoms with Crippen LogP contribution in [0.4, 0.5) is 8.78 Å². The van der Waals surface area contributed by atoms with E-state index in [4.69, 9.17) is 22.0 Å². The highest BCUT2D eigenvalue weighted by atomic mass is 35.5. The minimum absolute atomic E-state index is 0.427. The first-order valence-electron chi connectivity index (χ1n) is 3.59. The van der Waals surface area contributed by atoms with E-state index in [0.717, 1.165) is 6.07 Å². The van der Waals surface area contributed by atoms with E-state index >= 15 is 0 Å². The number of pyridine rings is 1. The molecule has 4 nitrogen and oxygen atoms in total. The number of aromatic carboxylic acids is 1. The van der Waals surface area contributed by atoms with Crippen molar-refractivity contribution >= 4 is 17.6 Å². The molecule has 1 heterocycles. The fraction of sp³-hybridized carbons (Fsp3) is 0.125. The van der Waals surface area contributed by atoms with E-state index in [1.807, 2.05) is 0 Å². The first-order valence-corrected chi connectivity index (χ1v) is 3.97. The lowest BCUT2D eigenvalue weighted by molar-refractivity contribution is 0.0695. The van der Waals surface area contributed by atoms with E-state index in [1.165, 1.54) is 6.07 Å². The smallest absolute Gasteiger partial charge is 0.340 e. The predicted octanol–water partition coefficient (Wildman–Crippen LogP) is 2.24. The number of halogens is 3. The van der Waals surface area contributed by atoms with Crippen LogP contribution >= 0.6 is 11.6 Å². The number of hydrogen-bond acceptors (Lipinski definition) is 3. The quantitative estimate of drug-likeness (QED) is 0.849. The first-order chi connectivity index (χ1) is 6.97. The molecule has 0 radical (unpaired) electrons. The van der Waals surface area contributed by atoms with Crippen LogP contribution in [0.1, 0.15) is 28.2 Å². The number of hydrogen-bond donors (Lipinski definition) is 1. The molecule has 0 aliphatic rings. The molecule has 0 saturated heterocycles. The first kappa shape index (κ1) is 11.3. The summed E-state index contributed by atoms with van der Waals surface area (Å²) >= 11 is 5.45. The van der Waals surface area contributed by atoms with Crippen LogP contribution in [0.15, 0.2) is 6.07 Å². The van der Waals surface area contributed by atoms with Gasteiger partial charge < -0.3 is 5.11 Å². The summed E-state index contributed by atoms with van der Waals surface area (Å²) in [7, 11) is 0. The van der Waals surface area contributed by atoms with Crippen LogP contribution < -0.4 is 0 Å². The van der Waals surface area contributed by atoms with Gasteiger partial charge in [0.2, 0.25) is 0 Å². The van der Waals surface area contributed by atoms with Crippen LogP contribution in [0.5, 0.6) is 0 Å². The Hall–Kier alpha value is -1.74. The molecule has 1 aromatic heterocycles. The Balaban J connectivity index is 3.46. The van der Waals surface area contributed by atoms with Gasteiger partial charge in [-0.05, 0) is 6.07 Å². The van der Waals surface area contributed by atoms with Gasteiger partial charge in [-0.15, -0.1) is 0 Å². The summed E-state index contributed by atoms with van der Waals surface area (Å²) < 4.78 is 24.4. The number of carboxylic acid groups (broad SMARTS) is 1. The molecule has 0 bridgehead atoms. The summed E-state index contributed by atoms with van der Waals surface area (Å²) in [6.07, 6.45) is -2.91. The fourth-order valence-electron chi connectivity index (χ4n) is 0.929. The SMILES string of the molecule is N#Cc1nc(C(F)F)cc(Cl)c1C(=O)O. The largest absolute Gasteiger partial charge is 0.478 e. The van der Waals surface area contributed by atoms with Crippen molar-refractivity contribution in [3.63, 3.8) is 0 Å². The average molecular weight is 233 g/mol. The second-order valence-electron chi connectivity index (χ2n) is 2.47. The van der Waals surface area contributed by atoms with Crippen LogP contribution in [0.3, 0.4) is 0 Å². The average Bonchev–Trinajstić information content (AvgIpc) is 2.15. The lowest BCUT2D eigenvalue weighted by Crippen LogP contribution is -2.06. The maximum Gasteiger partial charge on any atom is 0.340 e. The van der Waals surface area contributed by atoms with E-state index in [9.17, 15) is 13.6 Å². The number of aromatic nitrogens is 1. The third-order valence-corrected chi connectivity index (χ3v) is 1.83. The fourth-order valence-corrected chi connectivity index (χ4v) is 1.21. The van der Waals surface area contributed by atoms with Crippen LogP contribution in [-0.4, -0.2) is 16.1 Å². The van der Waals surface area contributed by atoms with E-state index in [2.05, 4.69) is 4.98 Å². The Morgan fingerprint density at radius 1 is 1.67 bits per heavy atom. The van der Waals surface area contributed by atoms with E-state index in [1.54, 1.807) is 0 Å². The third kappa shape index (κ3) is 2.19. The minimum Gasteiger partial charge on any atom is -0.478 e. The van der Waals surface area contributed by atoms with Gasteiger partial charge in [0.15, 0.2) is 5.69 Å². The van der Waals surface area contributed by atoms with Gasteiger partial charge in [-0.25, -0.2) is 18.6 Å². The summed E-state index contributed by atoms with van der Waals surface area (Å²) in [6, 6.07) is 2.14. The zero-order valence-corrected chi connectivity index (χ0v) is 7.79. The molecule has 0 amide bonds. The van der Waals surface area contributed by atoms with Crippen molar-refractivity contribution in [2.75, 3.05) is 0 Å². The van der Waals surface area contributed by atoms with Gasteiger partial charge >= 0.3 is 5.97 Å². The van der Waals surface area contributed by atoms with E-state index in [0.29, 0.717) is 0 Å². The minimum atomic E-state index is -2.91. The second kappa shape index (κ2) is 4.19. The van der Waals surface area contributed by atoms with Crippen LogP contribution in [0.2, 0.25) is 5.02 Å². The molecule has 0 fully saturated rings. The Bertz CT molecular complexity index is 457. The maximum absolute atomic E-state index is 12.2. The Kier molecular flexibility index (Phi) is 3.17. The number of carboxylic acids is 1. The molecule has 0 saturated carbocycles. The number of rotatable bonds is 2. The van der Waals surface area contributed by atoms with Crippen molar-refractivity contribution in [3.05, 3.63) is 28.0 Å². The highest BCUT2D eigenvalue weighted by Gasteiger charge is 2.20. The monoisotopic (exact) mass is 232 g/mol. The van der Waals surface area contributed by atoms with Crippen LogP contribution in [0.25, 0.3) is 0 Å². The van der Waals surface area contributed by atoms with Crippen LogP contribution in [-0.2, 0) is 0 Å². The molecule has 0 spiro atoms. The van der Waals surface area contributed by atoms with Crippen molar-refractivity contribution in [2.24, 2.45) is 0 Å². The molecule has 1 aromatic rings. The molecule has 1 N–H and O–H groups in total. The lowest BCUT2D eigenvalue weighted by Gasteiger charge is -2.04. The number of alkyl halides is 2. The van der Waals surface area contributed by atoms with Gasteiger partial charge in [-0.3, -0.25) is 0 Å². The Labute approximate surface area is 87.7 Å². The summed E-state index contributed by atoms with van der Waals surface area (Å²) in [6.45, 7) is 0. The summed E-state index contributed by atoms with van der Waals surface area (Å²) in [5.74, 6) is -1.48. The Morgan fingerprint density at radius 2 is 2.27 bits per heavy atom. The molecule has 0 aliphatic carbocycles. The molecular weight excluding hydrogens is 230 g/mol. The number of nitriles is 1. The lowest BCUT2D eigenvalue weighted by atomic mass is 10.2. The van der Waals surface area contributed by atoms with Crippen molar-refractivity contribution in [2.45, 2.75) is 6.43 Å².